The maximum Gasteiger partial charge on any atom is 0.192 e. The molecular formula is C12H29O2PSSi. The van der Waals surface area contributed by atoms with Crippen molar-refractivity contribution in [3.8, 4) is 0 Å². The van der Waals surface area contributed by atoms with Crippen LogP contribution in [0.4, 0.5) is 0 Å². The predicted molar refractivity (Wildman–Crippen MR) is 84.8 cm³/mol. The molecule has 0 bridgehead atoms. The number of hydrogen-bond donors (Lipinski definition) is 0. The van der Waals surface area contributed by atoms with E-state index in [2.05, 4.69) is 33.9 Å². The Labute approximate surface area is 113 Å². The monoisotopic (exact) mass is 296 g/mol. The van der Waals surface area contributed by atoms with E-state index in [9.17, 15) is 4.57 Å². The molecule has 0 aliphatic heterocycles. The summed E-state index contributed by atoms with van der Waals surface area (Å²) in [5.41, 5.74) is 0. The Morgan fingerprint density at radius 2 is 1.71 bits per heavy atom. The summed E-state index contributed by atoms with van der Waals surface area (Å²) in [4.78, 5) is 0. The summed E-state index contributed by atoms with van der Waals surface area (Å²) in [5.74, 6) is 2.01. The van der Waals surface area contributed by atoms with Crippen molar-refractivity contribution in [3.05, 3.63) is 0 Å². The van der Waals surface area contributed by atoms with E-state index in [1.54, 1.807) is 0 Å². The fourth-order valence-corrected chi connectivity index (χ4v) is 4.83. The first kappa shape index (κ1) is 17.8. The summed E-state index contributed by atoms with van der Waals surface area (Å²) in [5, 5.41) is 0.292. The molecule has 0 fully saturated rings. The Kier molecular flexibility index (Phi) is 7.09. The van der Waals surface area contributed by atoms with Crippen molar-refractivity contribution in [2.75, 3.05) is 37.6 Å². The molecule has 0 radical (unpaired) electrons. The maximum absolute atomic E-state index is 11.5. The third-order valence-corrected chi connectivity index (χ3v) is 10.4. The molecule has 0 heterocycles. The molecule has 0 aromatic rings. The third kappa shape index (κ3) is 8.47. The van der Waals surface area contributed by atoms with Crippen LogP contribution in [0.3, 0.4) is 0 Å². The summed E-state index contributed by atoms with van der Waals surface area (Å²) in [6.45, 7) is 15.9. The first-order chi connectivity index (χ1) is 7.46. The summed E-state index contributed by atoms with van der Waals surface area (Å²) in [7, 11) is -3.40. The third-order valence-electron chi connectivity index (χ3n) is 3.27. The van der Waals surface area contributed by atoms with Crippen LogP contribution < -0.4 is 0 Å². The van der Waals surface area contributed by atoms with Crippen LogP contribution in [0, 0.1) is 0 Å². The molecule has 0 aromatic carbocycles. The number of thioether (sulfide) groups is 1. The molecule has 2 nitrogen and oxygen atoms in total. The van der Waals surface area contributed by atoms with Crippen molar-refractivity contribution in [1.82, 2.24) is 0 Å². The van der Waals surface area contributed by atoms with Crippen LogP contribution in [0.15, 0.2) is 0 Å². The number of hydrogen-bond acceptors (Lipinski definition) is 3. The van der Waals surface area contributed by atoms with Gasteiger partial charge >= 0.3 is 0 Å². The van der Waals surface area contributed by atoms with Gasteiger partial charge in [0.1, 0.15) is 0 Å². The SMILES string of the molecule is CC(C)(C)[Si](C)(C)OCCSCCP(C)(C)=O. The first-order valence-electron chi connectivity index (χ1n) is 6.21. The van der Waals surface area contributed by atoms with Crippen molar-refractivity contribution in [2.45, 2.75) is 38.9 Å². The fraction of sp³-hybridized carbons (Fsp3) is 1.00. The molecule has 0 N–H and O–H groups in total. The van der Waals surface area contributed by atoms with Gasteiger partial charge in [-0.3, -0.25) is 0 Å². The van der Waals surface area contributed by atoms with E-state index < -0.39 is 15.5 Å². The summed E-state index contributed by atoms with van der Waals surface area (Å²) >= 11 is 1.86. The van der Waals surface area contributed by atoms with E-state index in [4.69, 9.17) is 4.43 Å². The average Bonchev–Trinajstić information content (AvgIpc) is 2.07. The lowest BCUT2D eigenvalue weighted by atomic mass is 10.2. The Morgan fingerprint density at radius 1 is 1.18 bits per heavy atom. The standard InChI is InChI=1S/C12H29O2PSSi/c1-12(2,3)17(6,7)14-8-10-16-11-9-15(4,5)13/h8-11H2,1-7H3. The lowest BCUT2D eigenvalue weighted by molar-refractivity contribution is 0.311. The highest BCUT2D eigenvalue weighted by molar-refractivity contribution is 7.99. The van der Waals surface area contributed by atoms with Gasteiger partial charge in [-0.2, -0.15) is 11.8 Å². The lowest BCUT2D eigenvalue weighted by Crippen LogP contribution is -2.41. The van der Waals surface area contributed by atoms with Gasteiger partial charge in [-0.05, 0) is 31.5 Å². The molecule has 0 spiro atoms. The van der Waals surface area contributed by atoms with Gasteiger partial charge in [-0.25, -0.2) is 0 Å². The molecule has 0 saturated heterocycles. The quantitative estimate of drug-likeness (QED) is 0.396. The maximum atomic E-state index is 11.5. The smallest absolute Gasteiger partial charge is 0.192 e. The van der Waals surface area contributed by atoms with E-state index in [0.717, 1.165) is 24.3 Å². The second-order valence-corrected chi connectivity index (χ2v) is 16.1. The molecule has 0 aliphatic rings. The van der Waals surface area contributed by atoms with Crippen LogP contribution in [-0.2, 0) is 8.99 Å². The van der Waals surface area contributed by atoms with Crippen molar-refractivity contribution in [3.63, 3.8) is 0 Å². The second kappa shape index (κ2) is 6.79. The average molecular weight is 296 g/mol. The minimum Gasteiger partial charge on any atom is -0.416 e. The highest BCUT2D eigenvalue weighted by Gasteiger charge is 2.36. The molecule has 0 amide bonds. The zero-order chi connectivity index (χ0) is 13.7. The molecule has 0 saturated carbocycles. The van der Waals surface area contributed by atoms with Crippen LogP contribution in [0.25, 0.3) is 0 Å². The largest absolute Gasteiger partial charge is 0.416 e. The summed E-state index contributed by atoms with van der Waals surface area (Å²) in [6.07, 6.45) is 0.845. The zero-order valence-corrected chi connectivity index (χ0v) is 15.2. The Balaban J connectivity index is 3.69. The minimum absolute atomic E-state index is 0.292. The number of rotatable bonds is 7. The van der Waals surface area contributed by atoms with Crippen molar-refractivity contribution in [2.24, 2.45) is 0 Å². The van der Waals surface area contributed by atoms with E-state index in [1.165, 1.54) is 0 Å². The minimum atomic E-state index is -1.83. The zero-order valence-electron chi connectivity index (χ0n) is 12.5. The molecule has 0 aliphatic carbocycles. The van der Waals surface area contributed by atoms with E-state index in [-0.39, 0.29) is 0 Å². The Bertz CT molecular complexity index is 268. The molecule has 17 heavy (non-hydrogen) atoms. The van der Waals surface area contributed by atoms with Gasteiger partial charge in [-0.1, -0.05) is 20.8 Å². The summed E-state index contributed by atoms with van der Waals surface area (Å²) in [6, 6.07) is 0. The highest BCUT2D eigenvalue weighted by atomic mass is 32.2. The van der Waals surface area contributed by atoms with Crippen molar-refractivity contribution in [1.29, 1.82) is 0 Å². The van der Waals surface area contributed by atoms with Gasteiger partial charge in [-0.15, -0.1) is 0 Å². The Hall–Kier alpha value is 0.757. The molecule has 0 atom stereocenters. The molecule has 5 heteroatoms. The van der Waals surface area contributed by atoms with E-state index >= 15 is 0 Å². The van der Waals surface area contributed by atoms with Gasteiger partial charge < -0.3 is 8.99 Å². The van der Waals surface area contributed by atoms with Crippen LogP contribution >= 0.6 is 18.9 Å². The van der Waals surface area contributed by atoms with Gasteiger partial charge in [0.25, 0.3) is 0 Å². The normalized spacial score (nSPS) is 14.1. The molecule has 0 aromatic heterocycles. The molecular weight excluding hydrogens is 267 g/mol. The second-order valence-electron chi connectivity index (χ2n) is 6.52. The first-order valence-corrected chi connectivity index (χ1v) is 13.1. The fourth-order valence-electron chi connectivity index (χ4n) is 0.959. The highest BCUT2D eigenvalue weighted by Crippen LogP contribution is 2.37. The lowest BCUT2D eigenvalue weighted by Gasteiger charge is -2.36. The molecule has 0 rings (SSSR count). The van der Waals surface area contributed by atoms with Crippen LogP contribution in [0.2, 0.25) is 18.1 Å². The Morgan fingerprint density at radius 3 is 2.12 bits per heavy atom. The summed E-state index contributed by atoms with van der Waals surface area (Å²) < 4.78 is 17.6. The molecule has 0 unspecified atom stereocenters. The van der Waals surface area contributed by atoms with Gasteiger partial charge in [0.05, 0.1) is 7.14 Å². The molecule has 104 valence electrons. The van der Waals surface area contributed by atoms with Crippen molar-refractivity contribution >= 4 is 27.2 Å². The van der Waals surface area contributed by atoms with Crippen LogP contribution in [0.5, 0.6) is 0 Å². The van der Waals surface area contributed by atoms with Crippen LogP contribution in [0.1, 0.15) is 20.8 Å². The van der Waals surface area contributed by atoms with E-state index in [1.807, 2.05) is 25.1 Å². The topological polar surface area (TPSA) is 26.3 Å². The predicted octanol–water partition coefficient (Wildman–Crippen LogP) is 4.36. The van der Waals surface area contributed by atoms with Crippen molar-refractivity contribution < 1.29 is 8.99 Å². The van der Waals surface area contributed by atoms with Gasteiger partial charge in [0.2, 0.25) is 0 Å². The van der Waals surface area contributed by atoms with E-state index in [0.29, 0.717) is 5.04 Å². The van der Waals surface area contributed by atoms with Gasteiger partial charge in [0.15, 0.2) is 8.32 Å². The van der Waals surface area contributed by atoms with Crippen LogP contribution in [-0.4, -0.2) is 45.9 Å². The van der Waals surface area contributed by atoms with Gasteiger partial charge in [0, 0.05) is 24.3 Å².